The van der Waals surface area contributed by atoms with E-state index in [0.29, 0.717) is 5.57 Å². The molecule has 0 radical (unpaired) electrons. The number of hydrogen-bond donors (Lipinski definition) is 1. The van der Waals surface area contributed by atoms with Gasteiger partial charge in [-0.3, -0.25) is 0 Å². The van der Waals surface area contributed by atoms with Gasteiger partial charge in [-0.1, -0.05) is 17.7 Å². The van der Waals surface area contributed by atoms with Gasteiger partial charge in [0.05, 0.1) is 0 Å². The molecule has 86 valence electrons. The third kappa shape index (κ3) is 2.97. The van der Waals surface area contributed by atoms with Crippen molar-refractivity contribution in [3.63, 3.8) is 0 Å². The fourth-order valence-corrected chi connectivity index (χ4v) is 1.12. The highest BCUT2D eigenvalue weighted by molar-refractivity contribution is 6.25. The number of hydrogen-bond acceptors (Lipinski definition) is 2. The van der Waals surface area contributed by atoms with Crippen LogP contribution in [0.2, 0.25) is 0 Å². The van der Waals surface area contributed by atoms with Gasteiger partial charge in [0.2, 0.25) is 0 Å². The van der Waals surface area contributed by atoms with E-state index in [1.54, 1.807) is 6.92 Å². The van der Waals surface area contributed by atoms with Crippen LogP contribution in [0, 0.1) is 5.82 Å². The van der Waals surface area contributed by atoms with Crippen LogP contribution < -0.4 is 4.74 Å². The molecule has 0 amide bonds. The number of halogens is 2. The zero-order valence-corrected chi connectivity index (χ0v) is 9.29. The normalized spacial score (nSPS) is 11.3. The zero-order chi connectivity index (χ0) is 12.1. The number of carboxylic acid groups (broad SMARTS) is 1. The molecular weight excluding hydrogens is 235 g/mol. The highest BCUT2D eigenvalue weighted by Crippen LogP contribution is 2.21. The lowest BCUT2D eigenvalue weighted by molar-refractivity contribution is 0.0687. The monoisotopic (exact) mass is 244 g/mol. The summed E-state index contributed by atoms with van der Waals surface area (Å²) in [4.78, 5) is 10.8. The molecule has 0 atom stereocenters. The second-order valence-corrected chi connectivity index (χ2v) is 3.38. The first-order chi connectivity index (χ1) is 7.56. The van der Waals surface area contributed by atoms with Crippen molar-refractivity contribution in [3.05, 3.63) is 40.7 Å². The Morgan fingerprint density at radius 1 is 1.62 bits per heavy atom. The average molecular weight is 245 g/mol. The van der Waals surface area contributed by atoms with E-state index >= 15 is 0 Å². The summed E-state index contributed by atoms with van der Waals surface area (Å²) in [5, 5.41) is 8.81. The molecular formula is C11H10ClFO3. The minimum atomic E-state index is -1.36. The molecule has 0 aromatic heterocycles. The van der Waals surface area contributed by atoms with Gasteiger partial charge in [-0.25, -0.2) is 9.18 Å². The van der Waals surface area contributed by atoms with Crippen molar-refractivity contribution in [1.29, 1.82) is 0 Å². The second kappa shape index (κ2) is 5.51. The first-order valence-electron chi connectivity index (χ1n) is 4.46. The van der Waals surface area contributed by atoms with Crippen molar-refractivity contribution < 1.29 is 19.0 Å². The van der Waals surface area contributed by atoms with Crippen molar-refractivity contribution in [3.8, 4) is 5.75 Å². The van der Waals surface area contributed by atoms with E-state index < -0.39 is 17.3 Å². The third-order valence-corrected chi connectivity index (χ3v) is 2.20. The molecule has 1 rings (SSSR count). The van der Waals surface area contributed by atoms with Gasteiger partial charge in [0, 0.05) is 5.54 Å². The predicted molar refractivity (Wildman–Crippen MR) is 58.5 cm³/mol. The predicted octanol–water partition coefficient (Wildman–Crippen LogP) is 3.05. The Kier molecular flexibility index (Phi) is 4.31. The maximum Gasteiger partial charge on any atom is 0.342 e. The third-order valence-electron chi connectivity index (χ3n) is 1.83. The molecule has 0 unspecified atom stereocenters. The Bertz CT molecular complexity index is 429. The van der Waals surface area contributed by atoms with Crippen LogP contribution in [0.5, 0.6) is 5.75 Å². The fourth-order valence-electron chi connectivity index (χ4n) is 1.06. The lowest BCUT2D eigenvalue weighted by Crippen LogP contribution is -2.07. The van der Waals surface area contributed by atoms with E-state index in [4.69, 9.17) is 21.4 Å². The lowest BCUT2D eigenvalue weighted by atomic mass is 10.2. The van der Waals surface area contributed by atoms with Gasteiger partial charge in [-0.2, -0.15) is 0 Å². The lowest BCUT2D eigenvalue weighted by Gasteiger charge is -2.09. The SMILES string of the molecule is C/C(=C/Cl)COc1cccc(F)c1C(=O)O. The standard InChI is InChI=1S/C11H10ClFO3/c1-7(5-12)6-16-9-4-2-3-8(13)10(9)11(14)15/h2-5H,6H2,1H3,(H,14,15)/b7-5-. The Hall–Kier alpha value is -1.55. The molecule has 0 saturated carbocycles. The molecule has 3 nitrogen and oxygen atoms in total. The minimum Gasteiger partial charge on any atom is -0.488 e. The van der Waals surface area contributed by atoms with E-state index in [1.807, 2.05) is 0 Å². The Labute approximate surface area is 97.1 Å². The topological polar surface area (TPSA) is 46.5 Å². The number of carbonyl (C=O) groups is 1. The first-order valence-corrected chi connectivity index (χ1v) is 4.90. The van der Waals surface area contributed by atoms with Crippen molar-refractivity contribution in [1.82, 2.24) is 0 Å². The second-order valence-electron chi connectivity index (χ2n) is 3.16. The molecule has 1 aromatic rings. The molecule has 0 heterocycles. The summed E-state index contributed by atoms with van der Waals surface area (Å²) in [7, 11) is 0. The van der Waals surface area contributed by atoms with Crippen molar-refractivity contribution in [2.24, 2.45) is 0 Å². The van der Waals surface area contributed by atoms with Crippen LogP contribution in [0.25, 0.3) is 0 Å². The summed E-state index contributed by atoms with van der Waals surface area (Å²) in [6.45, 7) is 1.83. The summed E-state index contributed by atoms with van der Waals surface area (Å²) in [5.74, 6) is -2.19. The molecule has 16 heavy (non-hydrogen) atoms. The Morgan fingerprint density at radius 3 is 2.88 bits per heavy atom. The van der Waals surface area contributed by atoms with Crippen molar-refractivity contribution in [2.75, 3.05) is 6.61 Å². The molecule has 0 aliphatic carbocycles. The largest absolute Gasteiger partial charge is 0.488 e. The number of ether oxygens (including phenoxy) is 1. The summed E-state index contributed by atoms with van der Waals surface area (Å²) in [5.41, 5.74) is 1.56. The Morgan fingerprint density at radius 2 is 2.31 bits per heavy atom. The van der Waals surface area contributed by atoms with E-state index in [-0.39, 0.29) is 12.4 Å². The highest BCUT2D eigenvalue weighted by atomic mass is 35.5. The average Bonchev–Trinajstić information content (AvgIpc) is 2.25. The molecule has 0 aliphatic rings. The van der Waals surface area contributed by atoms with Crippen molar-refractivity contribution in [2.45, 2.75) is 6.92 Å². The van der Waals surface area contributed by atoms with E-state index in [0.717, 1.165) is 6.07 Å². The van der Waals surface area contributed by atoms with Crippen LogP contribution >= 0.6 is 11.6 Å². The molecule has 1 aromatic carbocycles. The number of aromatic carboxylic acids is 1. The van der Waals surface area contributed by atoms with Crippen molar-refractivity contribution >= 4 is 17.6 Å². The summed E-state index contributed by atoms with van der Waals surface area (Å²) < 4.78 is 18.4. The van der Waals surface area contributed by atoms with Gasteiger partial charge in [0.1, 0.15) is 23.7 Å². The summed E-state index contributed by atoms with van der Waals surface area (Å²) in [6, 6.07) is 3.85. The highest BCUT2D eigenvalue weighted by Gasteiger charge is 2.16. The summed E-state index contributed by atoms with van der Waals surface area (Å²) in [6.07, 6.45) is 0. The van der Waals surface area contributed by atoms with Gasteiger partial charge in [-0.05, 0) is 24.6 Å². The van der Waals surface area contributed by atoms with Gasteiger partial charge >= 0.3 is 5.97 Å². The van der Waals surface area contributed by atoms with Crippen LogP contribution in [-0.2, 0) is 0 Å². The van der Waals surface area contributed by atoms with Crippen LogP contribution in [0.1, 0.15) is 17.3 Å². The zero-order valence-electron chi connectivity index (χ0n) is 8.54. The van der Waals surface area contributed by atoms with Crippen LogP contribution in [-0.4, -0.2) is 17.7 Å². The van der Waals surface area contributed by atoms with Gasteiger partial charge in [-0.15, -0.1) is 0 Å². The van der Waals surface area contributed by atoms with E-state index in [9.17, 15) is 9.18 Å². The smallest absolute Gasteiger partial charge is 0.342 e. The molecule has 5 heteroatoms. The van der Waals surface area contributed by atoms with Gasteiger partial charge < -0.3 is 9.84 Å². The Balaban J connectivity index is 2.96. The van der Waals surface area contributed by atoms with Crippen LogP contribution in [0.4, 0.5) is 4.39 Å². The quantitative estimate of drug-likeness (QED) is 0.886. The number of benzene rings is 1. The molecule has 0 bridgehead atoms. The van der Waals surface area contributed by atoms with Gasteiger partial charge in [0.25, 0.3) is 0 Å². The first kappa shape index (κ1) is 12.5. The minimum absolute atomic E-state index is 0.00892. The molecule has 0 spiro atoms. The van der Waals surface area contributed by atoms with Crippen LogP contribution in [0.3, 0.4) is 0 Å². The summed E-state index contributed by atoms with van der Waals surface area (Å²) >= 11 is 5.42. The van der Waals surface area contributed by atoms with E-state index in [2.05, 4.69) is 0 Å². The maximum atomic E-state index is 13.2. The fraction of sp³-hybridized carbons (Fsp3) is 0.182. The van der Waals surface area contributed by atoms with E-state index in [1.165, 1.54) is 17.7 Å². The number of carboxylic acids is 1. The molecule has 1 N–H and O–H groups in total. The van der Waals surface area contributed by atoms with Gasteiger partial charge in [0.15, 0.2) is 0 Å². The molecule has 0 fully saturated rings. The molecule has 0 aliphatic heterocycles. The number of rotatable bonds is 4. The van der Waals surface area contributed by atoms with Crippen LogP contribution in [0.15, 0.2) is 29.3 Å². The molecule has 0 saturated heterocycles. The maximum absolute atomic E-state index is 13.2.